The Balaban J connectivity index is 2.98. The first-order chi connectivity index (χ1) is 5.21. The van der Waals surface area contributed by atoms with Gasteiger partial charge in [0.2, 0.25) is 0 Å². The van der Waals surface area contributed by atoms with E-state index in [2.05, 4.69) is 4.84 Å². The van der Waals surface area contributed by atoms with Crippen molar-refractivity contribution in [1.29, 1.82) is 0 Å². The summed E-state index contributed by atoms with van der Waals surface area (Å²) in [6.07, 6.45) is -10.5. The van der Waals surface area contributed by atoms with Gasteiger partial charge in [-0.05, 0) is 0 Å². The molecule has 72 valence electrons. The molecule has 1 aliphatic heterocycles. The lowest BCUT2D eigenvalue weighted by Gasteiger charge is -2.25. The highest BCUT2D eigenvalue weighted by atomic mass is 19.4. The van der Waals surface area contributed by atoms with Gasteiger partial charge >= 0.3 is 18.0 Å². The topological polar surface area (TPSA) is 21.3 Å². The monoisotopic (exact) mass is 195 g/mol. The lowest BCUT2D eigenvalue weighted by atomic mass is 10.1. The Kier molecular flexibility index (Phi) is 1.80. The molecule has 1 saturated heterocycles. The lowest BCUT2D eigenvalue weighted by molar-refractivity contribution is -0.351. The van der Waals surface area contributed by atoms with E-state index in [-0.39, 0.29) is 0 Å². The first-order valence-corrected chi connectivity index (χ1v) is 2.75. The van der Waals surface area contributed by atoms with E-state index in [0.717, 1.165) is 5.48 Å². The van der Waals surface area contributed by atoms with Crippen molar-refractivity contribution >= 4 is 0 Å². The Morgan fingerprint density at radius 1 is 1.17 bits per heavy atom. The SMILES string of the molecule is FC(F)(F)C1(F)CNOC1(F)F. The molecule has 1 rings (SSSR count). The van der Waals surface area contributed by atoms with Gasteiger partial charge in [0.15, 0.2) is 0 Å². The summed E-state index contributed by atoms with van der Waals surface area (Å²) in [4.78, 5) is 3.10. The maximum absolute atomic E-state index is 12.5. The van der Waals surface area contributed by atoms with Crippen molar-refractivity contribution < 1.29 is 31.2 Å². The Morgan fingerprint density at radius 3 is 1.83 bits per heavy atom. The summed E-state index contributed by atoms with van der Waals surface area (Å²) < 4.78 is 71.8. The van der Waals surface area contributed by atoms with Crippen molar-refractivity contribution in [3.05, 3.63) is 0 Å². The summed E-state index contributed by atoms with van der Waals surface area (Å²) >= 11 is 0. The van der Waals surface area contributed by atoms with Crippen LogP contribution in [0.2, 0.25) is 0 Å². The fraction of sp³-hybridized carbons (Fsp3) is 1.00. The third-order valence-corrected chi connectivity index (χ3v) is 1.43. The van der Waals surface area contributed by atoms with Gasteiger partial charge in [-0.2, -0.15) is 27.4 Å². The first kappa shape index (κ1) is 9.59. The van der Waals surface area contributed by atoms with Gasteiger partial charge in [0, 0.05) is 0 Å². The van der Waals surface area contributed by atoms with Crippen molar-refractivity contribution in [3.63, 3.8) is 0 Å². The molecule has 1 atom stereocenters. The molecular weight excluding hydrogens is 192 g/mol. The van der Waals surface area contributed by atoms with Crippen LogP contribution in [-0.2, 0) is 4.84 Å². The van der Waals surface area contributed by atoms with E-state index < -0.39 is 24.5 Å². The van der Waals surface area contributed by atoms with E-state index in [1.807, 2.05) is 0 Å². The number of halogens is 6. The molecule has 1 N–H and O–H groups in total. The molecule has 0 aromatic rings. The van der Waals surface area contributed by atoms with E-state index in [1.54, 1.807) is 0 Å². The largest absolute Gasteiger partial charge is 0.432 e. The van der Waals surface area contributed by atoms with E-state index in [0.29, 0.717) is 0 Å². The zero-order chi connectivity index (χ0) is 9.62. The average molecular weight is 195 g/mol. The van der Waals surface area contributed by atoms with Crippen molar-refractivity contribution in [1.82, 2.24) is 5.48 Å². The van der Waals surface area contributed by atoms with E-state index in [9.17, 15) is 26.3 Å². The molecule has 0 radical (unpaired) electrons. The minimum atomic E-state index is -5.65. The second-order valence-corrected chi connectivity index (χ2v) is 2.24. The van der Waals surface area contributed by atoms with Gasteiger partial charge in [-0.3, -0.25) is 0 Å². The van der Waals surface area contributed by atoms with Gasteiger partial charge in [0.1, 0.15) is 0 Å². The molecule has 0 amide bonds. The molecule has 0 aliphatic carbocycles. The Bertz CT molecular complexity index is 190. The minimum absolute atomic E-state index is 1.16. The number of rotatable bonds is 0. The molecule has 1 fully saturated rings. The van der Waals surface area contributed by atoms with E-state index >= 15 is 0 Å². The average Bonchev–Trinajstić information content (AvgIpc) is 2.07. The third kappa shape index (κ3) is 1.06. The number of hydroxylamine groups is 1. The van der Waals surface area contributed by atoms with Crippen LogP contribution in [0.4, 0.5) is 26.3 Å². The predicted octanol–water partition coefficient (Wildman–Crippen LogP) is 1.38. The van der Waals surface area contributed by atoms with Crippen LogP contribution >= 0.6 is 0 Å². The standard InChI is InChI=1S/C4H3F6NO/c5-2(3(6,7)8)1-11-12-4(2,9)10/h11H,1H2. The lowest BCUT2D eigenvalue weighted by Crippen LogP contribution is -2.54. The molecule has 0 aromatic heterocycles. The van der Waals surface area contributed by atoms with Gasteiger partial charge in [-0.15, -0.1) is 0 Å². The van der Waals surface area contributed by atoms with Crippen LogP contribution < -0.4 is 5.48 Å². The second kappa shape index (κ2) is 2.25. The normalized spacial score (nSPS) is 35.5. The fourth-order valence-electron chi connectivity index (χ4n) is 0.675. The summed E-state index contributed by atoms with van der Waals surface area (Å²) in [6.45, 7) is -1.61. The summed E-state index contributed by atoms with van der Waals surface area (Å²) in [5, 5.41) is 0. The van der Waals surface area contributed by atoms with Crippen molar-refractivity contribution in [2.24, 2.45) is 0 Å². The first-order valence-electron chi connectivity index (χ1n) is 2.75. The number of nitrogens with one attached hydrogen (secondary N) is 1. The van der Waals surface area contributed by atoms with Crippen LogP contribution in [0, 0.1) is 0 Å². The molecule has 2 nitrogen and oxygen atoms in total. The highest BCUT2D eigenvalue weighted by Gasteiger charge is 2.75. The van der Waals surface area contributed by atoms with Gasteiger partial charge in [0.25, 0.3) is 0 Å². The van der Waals surface area contributed by atoms with Crippen LogP contribution in [0.25, 0.3) is 0 Å². The molecule has 0 spiro atoms. The highest BCUT2D eigenvalue weighted by molar-refractivity contribution is 4.99. The summed E-state index contributed by atoms with van der Waals surface area (Å²) in [7, 11) is 0. The quantitative estimate of drug-likeness (QED) is 0.589. The molecule has 8 heteroatoms. The smallest absolute Gasteiger partial charge is 0.229 e. The molecular formula is C4H3F6NO. The fourth-order valence-corrected chi connectivity index (χ4v) is 0.675. The number of hydrogen-bond acceptors (Lipinski definition) is 2. The highest BCUT2D eigenvalue weighted by Crippen LogP contribution is 2.47. The molecule has 1 heterocycles. The van der Waals surface area contributed by atoms with Crippen molar-refractivity contribution in [2.75, 3.05) is 6.54 Å². The Morgan fingerprint density at radius 2 is 1.67 bits per heavy atom. The molecule has 0 aromatic carbocycles. The van der Waals surface area contributed by atoms with Gasteiger partial charge in [0.05, 0.1) is 6.54 Å². The zero-order valence-corrected chi connectivity index (χ0v) is 5.38. The van der Waals surface area contributed by atoms with Crippen LogP contribution in [0.1, 0.15) is 0 Å². The maximum atomic E-state index is 12.5. The van der Waals surface area contributed by atoms with Crippen LogP contribution in [0.5, 0.6) is 0 Å². The van der Waals surface area contributed by atoms with E-state index in [4.69, 9.17) is 0 Å². The summed E-state index contributed by atoms with van der Waals surface area (Å²) in [6, 6.07) is 0. The number of hydrogen-bond donors (Lipinski definition) is 1. The molecule has 1 aliphatic rings. The van der Waals surface area contributed by atoms with Crippen LogP contribution in [0.3, 0.4) is 0 Å². The van der Waals surface area contributed by atoms with Crippen molar-refractivity contribution in [3.8, 4) is 0 Å². The third-order valence-electron chi connectivity index (χ3n) is 1.43. The van der Waals surface area contributed by atoms with Crippen LogP contribution in [0.15, 0.2) is 0 Å². The number of alkyl halides is 6. The minimum Gasteiger partial charge on any atom is -0.229 e. The summed E-state index contributed by atoms with van der Waals surface area (Å²) in [5.41, 5.74) is -3.47. The Labute approximate surface area is 62.4 Å². The molecule has 1 unspecified atom stereocenters. The molecule has 0 saturated carbocycles. The second-order valence-electron chi connectivity index (χ2n) is 2.24. The van der Waals surface area contributed by atoms with Gasteiger partial charge in [-0.25, -0.2) is 9.23 Å². The van der Waals surface area contributed by atoms with Crippen LogP contribution in [-0.4, -0.2) is 24.5 Å². The zero-order valence-electron chi connectivity index (χ0n) is 5.38. The Hall–Kier alpha value is -0.500. The molecule has 0 bridgehead atoms. The van der Waals surface area contributed by atoms with E-state index in [1.165, 1.54) is 0 Å². The maximum Gasteiger partial charge on any atom is 0.432 e. The predicted molar refractivity (Wildman–Crippen MR) is 23.9 cm³/mol. The van der Waals surface area contributed by atoms with Gasteiger partial charge in [-0.1, -0.05) is 0 Å². The molecule has 12 heavy (non-hydrogen) atoms. The summed E-state index contributed by atoms with van der Waals surface area (Å²) in [5.74, 6) is 0. The van der Waals surface area contributed by atoms with Crippen molar-refractivity contribution in [2.45, 2.75) is 18.0 Å². The van der Waals surface area contributed by atoms with Gasteiger partial charge < -0.3 is 0 Å².